The van der Waals surface area contributed by atoms with Crippen molar-refractivity contribution in [3.05, 3.63) is 52.8 Å². The highest BCUT2D eigenvalue weighted by Gasteiger charge is 2.16. The van der Waals surface area contributed by atoms with Gasteiger partial charge in [-0.2, -0.15) is 0 Å². The minimum absolute atomic E-state index is 0.280. The number of nitrogens with one attached hydrogen (secondary N) is 1. The molecule has 1 aromatic heterocycles. The smallest absolute Gasteiger partial charge is 0.274 e. The molecule has 1 aromatic carbocycles. The number of piperazine rings is 1. The van der Waals surface area contributed by atoms with Gasteiger partial charge in [-0.25, -0.2) is 4.98 Å². The maximum Gasteiger partial charge on any atom is 0.274 e. The van der Waals surface area contributed by atoms with E-state index in [4.69, 9.17) is 11.6 Å². The van der Waals surface area contributed by atoms with E-state index in [1.807, 2.05) is 19.1 Å². The normalized spacial score (nSPS) is 14.3. The summed E-state index contributed by atoms with van der Waals surface area (Å²) in [5, 5.41) is 3.40. The molecular weight excluding hydrogens is 340 g/mol. The number of anilines is 2. The number of rotatable bonds is 4. The van der Waals surface area contributed by atoms with E-state index < -0.39 is 0 Å². The fraction of sp³-hybridized carbons (Fsp3) is 0.278. The standard InChI is InChI=1S/C18H19ClN4O2/c1-13-2-3-14(10-16(13)19)21-18(25)17-5-4-15(11-20-17)23-8-6-22(12-24)7-9-23/h2-5,10-12H,6-9H2,1H3,(H,21,25). The van der Waals surface area contributed by atoms with Crippen LogP contribution in [0.4, 0.5) is 11.4 Å². The third-order valence-corrected chi connectivity index (χ3v) is 4.65. The van der Waals surface area contributed by atoms with Gasteiger partial charge in [0.05, 0.1) is 11.9 Å². The summed E-state index contributed by atoms with van der Waals surface area (Å²) in [7, 11) is 0. The van der Waals surface area contributed by atoms with Crippen molar-refractivity contribution in [3.63, 3.8) is 0 Å². The number of pyridine rings is 1. The summed E-state index contributed by atoms with van der Waals surface area (Å²) < 4.78 is 0. The van der Waals surface area contributed by atoms with Crippen LogP contribution in [0.2, 0.25) is 5.02 Å². The van der Waals surface area contributed by atoms with E-state index in [0.29, 0.717) is 29.5 Å². The molecule has 1 fully saturated rings. The van der Waals surface area contributed by atoms with Crippen molar-refractivity contribution < 1.29 is 9.59 Å². The molecule has 1 aliphatic rings. The maximum absolute atomic E-state index is 12.3. The topological polar surface area (TPSA) is 65.5 Å². The van der Waals surface area contributed by atoms with Crippen LogP contribution in [0.25, 0.3) is 0 Å². The second-order valence-electron chi connectivity index (χ2n) is 5.95. The van der Waals surface area contributed by atoms with Crippen molar-refractivity contribution in [1.29, 1.82) is 0 Å². The zero-order chi connectivity index (χ0) is 17.8. The number of aromatic nitrogens is 1. The number of aryl methyl sites for hydroxylation is 1. The molecule has 7 heteroatoms. The first-order valence-electron chi connectivity index (χ1n) is 8.04. The van der Waals surface area contributed by atoms with Crippen molar-refractivity contribution in [3.8, 4) is 0 Å². The van der Waals surface area contributed by atoms with Crippen LogP contribution in [0, 0.1) is 6.92 Å². The van der Waals surface area contributed by atoms with E-state index in [2.05, 4.69) is 15.2 Å². The first-order chi connectivity index (χ1) is 12.1. The zero-order valence-electron chi connectivity index (χ0n) is 13.9. The van der Waals surface area contributed by atoms with Gasteiger partial charge in [0.25, 0.3) is 5.91 Å². The molecule has 0 saturated carbocycles. The van der Waals surface area contributed by atoms with E-state index in [-0.39, 0.29) is 5.91 Å². The van der Waals surface area contributed by atoms with Gasteiger partial charge in [0, 0.05) is 36.9 Å². The maximum atomic E-state index is 12.3. The lowest BCUT2D eigenvalue weighted by Crippen LogP contribution is -2.45. The monoisotopic (exact) mass is 358 g/mol. The van der Waals surface area contributed by atoms with Crippen LogP contribution in [0.5, 0.6) is 0 Å². The molecule has 0 bridgehead atoms. The molecule has 0 spiro atoms. The Kier molecular flexibility index (Phi) is 5.19. The quantitative estimate of drug-likeness (QED) is 0.853. The molecule has 0 unspecified atom stereocenters. The van der Waals surface area contributed by atoms with Crippen LogP contribution in [-0.4, -0.2) is 48.4 Å². The summed E-state index contributed by atoms with van der Waals surface area (Å²) in [5.74, 6) is -0.280. The van der Waals surface area contributed by atoms with Crippen molar-refractivity contribution in [2.45, 2.75) is 6.92 Å². The first kappa shape index (κ1) is 17.2. The summed E-state index contributed by atoms with van der Waals surface area (Å²) in [6, 6.07) is 8.95. The molecule has 1 N–H and O–H groups in total. The number of benzene rings is 1. The van der Waals surface area contributed by atoms with Crippen LogP contribution in [0.3, 0.4) is 0 Å². The Labute approximate surface area is 151 Å². The molecule has 25 heavy (non-hydrogen) atoms. The second-order valence-corrected chi connectivity index (χ2v) is 6.36. The van der Waals surface area contributed by atoms with E-state index >= 15 is 0 Å². The lowest BCUT2D eigenvalue weighted by Gasteiger charge is -2.33. The van der Waals surface area contributed by atoms with E-state index in [1.54, 1.807) is 29.3 Å². The zero-order valence-corrected chi connectivity index (χ0v) is 14.7. The number of nitrogens with zero attached hydrogens (tertiary/aromatic N) is 3. The largest absolute Gasteiger partial charge is 0.367 e. The SMILES string of the molecule is Cc1ccc(NC(=O)c2ccc(N3CCN(C=O)CC3)cn2)cc1Cl. The average Bonchev–Trinajstić information content (AvgIpc) is 2.65. The van der Waals surface area contributed by atoms with E-state index in [9.17, 15) is 9.59 Å². The Bertz CT molecular complexity index is 771. The molecule has 1 aliphatic heterocycles. The molecule has 1 saturated heterocycles. The minimum atomic E-state index is -0.280. The average molecular weight is 359 g/mol. The molecule has 0 aliphatic carbocycles. The summed E-state index contributed by atoms with van der Waals surface area (Å²) in [5.41, 5.74) is 2.88. The van der Waals surface area contributed by atoms with Crippen molar-refractivity contribution in [2.24, 2.45) is 0 Å². The third kappa shape index (κ3) is 4.09. The van der Waals surface area contributed by atoms with Gasteiger partial charge in [0.1, 0.15) is 5.69 Å². The Morgan fingerprint density at radius 2 is 1.96 bits per heavy atom. The number of carbonyl (C=O) groups is 2. The second kappa shape index (κ2) is 7.53. The highest BCUT2D eigenvalue weighted by atomic mass is 35.5. The van der Waals surface area contributed by atoms with Gasteiger partial charge < -0.3 is 15.1 Å². The molecule has 6 nitrogen and oxygen atoms in total. The predicted molar refractivity (Wildman–Crippen MR) is 98.2 cm³/mol. The Balaban J connectivity index is 1.64. The molecule has 3 rings (SSSR count). The number of amides is 2. The Morgan fingerprint density at radius 3 is 2.56 bits per heavy atom. The van der Waals surface area contributed by atoms with E-state index in [1.165, 1.54) is 0 Å². The fourth-order valence-corrected chi connectivity index (χ4v) is 2.84. The summed E-state index contributed by atoms with van der Waals surface area (Å²) >= 11 is 6.07. The summed E-state index contributed by atoms with van der Waals surface area (Å²) in [4.78, 5) is 31.2. The fourth-order valence-electron chi connectivity index (χ4n) is 2.66. The summed E-state index contributed by atoms with van der Waals surface area (Å²) in [6.45, 7) is 4.81. The summed E-state index contributed by atoms with van der Waals surface area (Å²) in [6.07, 6.45) is 2.56. The van der Waals surface area contributed by atoms with Crippen molar-refractivity contribution in [1.82, 2.24) is 9.88 Å². The van der Waals surface area contributed by atoms with Crippen LogP contribution >= 0.6 is 11.6 Å². The van der Waals surface area contributed by atoms with Gasteiger partial charge in [-0.1, -0.05) is 17.7 Å². The van der Waals surface area contributed by atoms with Crippen molar-refractivity contribution in [2.75, 3.05) is 36.4 Å². The van der Waals surface area contributed by atoms with Crippen molar-refractivity contribution >= 4 is 35.3 Å². The molecule has 2 heterocycles. The lowest BCUT2D eigenvalue weighted by atomic mass is 10.2. The van der Waals surface area contributed by atoms with Gasteiger partial charge in [0.15, 0.2) is 0 Å². The van der Waals surface area contributed by atoms with Gasteiger partial charge in [-0.3, -0.25) is 9.59 Å². The van der Waals surface area contributed by atoms with Gasteiger partial charge in [0.2, 0.25) is 6.41 Å². The van der Waals surface area contributed by atoms with Gasteiger partial charge >= 0.3 is 0 Å². The van der Waals surface area contributed by atoms with E-state index in [0.717, 1.165) is 30.8 Å². The number of carbonyl (C=O) groups excluding carboxylic acids is 2. The lowest BCUT2D eigenvalue weighted by molar-refractivity contribution is -0.118. The Morgan fingerprint density at radius 1 is 1.20 bits per heavy atom. The molecule has 2 amide bonds. The molecular formula is C18H19ClN4O2. The number of halogens is 1. The molecule has 130 valence electrons. The van der Waals surface area contributed by atoms with Crippen LogP contribution in [0.1, 0.15) is 16.1 Å². The first-order valence-corrected chi connectivity index (χ1v) is 8.42. The molecule has 2 aromatic rings. The number of hydrogen-bond acceptors (Lipinski definition) is 4. The highest BCUT2D eigenvalue weighted by Crippen LogP contribution is 2.21. The van der Waals surface area contributed by atoms with Crippen LogP contribution < -0.4 is 10.2 Å². The Hall–Kier alpha value is -2.60. The molecule has 0 atom stereocenters. The van der Waals surface area contributed by atoms with Crippen LogP contribution in [-0.2, 0) is 4.79 Å². The minimum Gasteiger partial charge on any atom is -0.367 e. The highest BCUT2D eigenvalue weighted by molar-refractivity contribution is 6.31. The molecule has 0 radical (unpaired) electrons. The predicted octanol–water partition coefficient (Wildman–Crippen LogP) is 2.57. The number of hydrogen-bond donors (Lipinski definition) is 1. The van der Waals surface area contributed by atoms with Gasteiger partial charge in [-0.05, 0) is 36.8 Å². The van der Waals surface area contributed by atoms with Gasteiger partial charge in [-0.15, -0.1) is 0 Å². The van der Waals surface area contributed by atoms with Crippen LogP contribution in [0.15, 0.2) is 36.5 Å². The third-order valence-electron chi connectivity index (χ3n) is 4.24.